The molecule has 1 heterocycles. The molecule has 0 atom stereocenters. The number of aryl methyl sites for hydroxylation is 5. The van der Waals surface area contributed by atoms with Crippen LogP contribution in [0.5, 0.6) is 0 Å². The van der Waals surface area contributed by atoms with Crippen LogP contribution in [0.15, 0.2) is 82.8 Å². The fourth-order valence-corrected chi connectivity index (χ4v) is 6.03. The average molecular weight is 543 g/mol. The van der Waals surface area contributed by atoms with Crippen LogP contribution in [0.3, 0.4) is 0 Å². The van der Waals surface area contributed by atoms with E-state index in [2.05, 4.69) is 47.1 Å². The van der Waals surface area contributed by atoms with Crippen LogP contribution >= 0.6 is 0 Å². The van der Waals surface area contributed by atoms with Crippen LogP contribution in [-0.2, 0) is 14.8 Å². The van der Waals surface area contributed by atoms with Gasteiger partial charge in [0.2, 0.25) is 0 Å². The molecule has 0 spiro atoms. The molecule has 4 rings (SSSR count). The molecule has 7 nitrogen and oxygen atoms in total. The molecular formula is C31H34N4O3S. The monoisotopic (exact) mass is 542 g/mol. The van der Waals surface area contributed by atoms with Gasteiger partial charge in [0.1, 0.15) is 6.54 Å². The summed E-state index contributed by atoms with van der Waals surface area (Å²) >= 11 is 0. The molecule has 202 valence electrons. The number of carbonyl (C=O) groups excluding carboxylic acids is 1. The van der Waals surface area contributed by atoms with E-state index in [1.807, 2.05) is 39.8 Å². The van der Waals surface area contributed by atoms with Gasteiger partial charge in [0, 0.05) is 22.6 Å². The van der Waals surface area contributed by atoms with Crippen LogP contribution in [0.25, 0.3) is 5.69 Å². The highest BCUT2D eigenvalue weighted by Crippen LogP contribution is 2.25. The van der Waals surface area contributed by atoms with E-state index in [4.69, 9.17) is 0 Å². The number of hydrogen-bond donors (Lipinski definition) is 1. The lowest BCUT2D eigenvalue weighted by molar-refractivity contribution is -0.119. The molecule has 0 fully saturated rings. The number of aromatic nitrogens is 1. The minimum atomic E-state index is -3.99. The van der Waals surface area contributed by atoms with Gasteiger partial charge in [0.25, 0.3) is 15.9 Å². The number of hydrogen-bond acceptors (Lipinski definition) is 4. The van der Waals surface area contributed by atoms with E-state index < -0.39 is 22.5 Å². The second-order valence-electron chi connectivity index (χ2n) is 9.91. The van der Waals surface area contributed by atoms with Gasteiger partial charge in [-0.1, -0.05) is 47.5 Å². The van der Waals surface area contributed by atoms with Gasteiger partial charge in [-0.25, -0.2) is 13.8 Å². The van der Waals surface area contributed by atoms with Crippen molar-refractivity contribution in [1.29, 1.82) is 0 Å². The number of rotatable bonds is 8. The van der Waals surface area contributed by atoms with Crippen molar-refractivity contribution in [3.05, 3.63) is 112 Å². The number of anilines is 1. The molecule has 8 heteroatoms. The van der Waals surface area contributed by atoms with Gasteiger partial charge in [-0.05, 0) is 89.1 Å². The molecular weight excluding hydrogens is 508 g/mol. The van der Waals surface area contributed by atoms with Gasteiger partial charge in [0.15, 0.2) is 0 Å². The standard InChI is InChI=1S/C31H34N4O3S/c1-21-10-13-29(14-11-21)39(37,38)34(28-9-7-8-22(2)17-28)20-31(36)33-32-19-27-18-25(5)35(26(27)6)30-15-12-23(3)16-24(30)4/h7-19H,20H2,1-6H3,(H,33,36)/b32-19-. The highest BCUT2D eigenvalue weighted by Gasteiger charge is 2.27. The second kappa shape index (κ2) is 11.3. The Kier molecular flexibility index (Phi) is 8.06. The van der Waals surface area contributed by atoms with Crippen LogP contribution in [0.2, 0.25) is 0 Å². The normalized spacial score (nSPS) is 11.6. The summed E-state index contributed by atoms with van der Waals surface area (Å²) in [6, 6.07) is 22.0. The van der Waals surface area contributed by atoms with Gasteiger partial charge in [0.05, 0.1) is 16.8 Å². The summed E-state index contributed by atoms with van der Waals surface area (Å²) in [5, 5.41) is 4.16. The van der Waals surface area contributed by atoms with Crippen molar-refractivity contribution >= 4 is 27.8 Å². The van der Waals surface area contributed by atoms with Gasteiger partial charge in [-0.2, -0.15) is 5.10 Å². The van der Waals surface area contributed by atoms with E-state index in [0.717, 1.165) is 38.1 Å². The van der Waals surface area contributed by atoms with Crippen LogP contribution in [0.1, 0.15) is 39.2 Å². The summed E-state index contributed by atoms with van der Waals surface area (Å²) in [4.78, 5) is 13.1. The Morgan fingerprint density at radius 2 is 1.54 bits per heavy atom. The number of amides is 1. The van der Waals surface area contributed by atoms with Crippen molar-refractivity contribution in [1.82, 2.24) is 9.99 Å². The Bertz CT molecular complexity index is 1650. The number of nitrogens with one attached hydrogen (secondary N) is 1. The second-order valence-corrected chi connectivity index (χ2v) is 11.8. The molecule has 0 radical (unpaired) electrons. The Balaban J connectivity index is 1.56. The summed E-state index contributed by atoms with van der Waals surface area (Å²) in [6.07, 6.45) is 1.59. The number of nitrogens with zero attached hydrogens (tertiary/aromatic N) is 3. The Morgan fingerprint density at radius 1 is 0.872 bits per heavy atom. The van der Waals surface area contributed by atoms with Crippen LogP contribution < -0.4 is 9.73 Å². The first-order chi connectivity index (χ1) is 18.5. The molecule has 3 aromatic carbocycles. The molecule has 0 saturated carbocycles. The molecule has 4 aromatic rings. The predicted molar refractivity (Wildman–Crippen MR) is 157 cm³/mol. The Labute approximate surface area is 230 Å². The molecule has 0 aliphatic rings. The number of carbonyl (C=O) groups is 1. The van der Waals surface area contributed by atoms with Crippen molar-refractivity contribution in [3.8, 4) is 5.69 Å². The van der Waals surface area contributed by atoms with Gasteiger partial charge < -0.3 is 4.57 Å². The lowest BCUT2D eigenvalue weighted by atomic mass is 10.1. The van der Waals surface area contributed by atoms with E-state index in [1.54, 1.807) is 48.7 Å². The van der Waals surface area contributed by atoms with Gasteiger partial charge in [-0.15, -0.1) is 0 Å². The third kappa shape index (κ3) is 6.12. The van der Waals surface area contributed by atoms with Crippen LogP contribution in [-0.4, -0.2) is 31.7 Å². The molecule has 39 heavy (non-hydrogen) atoms. The largest absolute Gasteiger partial charge is 0.318 e. The molecule has 1 aromatic heterocycles. The molecule has 0 unspecified atom stereocenters. The topological polar surface area (TPSA) is 83.8 Å². The molecule has 1 amide bonds. The van der Waals surface area contributed by atoms with Gasteiger partial charge in [-0.3, -0.25) is 9.10 Å². The van der Waals surface area contributed by atoms with Crippen LogP contribution in [0.4, 0.5) is 5.69 Å². The molecule has 1 N–H and O–H groups in total. The van der Waals surface area contributed by atoms with Crippen molar-refractivity contribution < 1.29 is 13.2 Å². The highest BCUT2D eigenvalue weighted by atomic mass is 32.2. The number of hydrazone groups is 1. The SMILES string of the molecule is Cc1ccc(S(=O)(=O)N(CC(=O)N/N=C\c2cc(C)n(-c3ccc(C)cc3C)c2C)c2cccc(C)c2)cc1. The van der Waals surface area contributed by atoms with E-state index in [9.17, 15) is 13.2 Å². The third-order valence-electron chi connectivity index (χ3n) is 6.64. The van der Waals surface area contributed by atoms with Crippen molar-refractivity contribution in [2.24, 2.45) is 5.10 Å². The maximum Gasteiger partial charge on any atom is 0.264 e. The molecule has 0 saturated heterocycles. The molecule has 0 bridgehead atoms. The zero-order chi connectivity index (χ0) is 28.3. The quantitative estimate of drug-likeness (QED) is 0.230. The predicted octanol–water partition coefficient (Wildman–Crippen LogP) is 5.67. The first-order valence-corrected chi connectivity index (χ1v) is 14.2. The first kappa shape index (κ1) is 27.9. The fraction of sp³-hybridized carbons (Fsp3) is 0.226. The van der Waals surface area contributed by atoms with Gasteiger partial charge >= 0.3 is 0 Å². The Hall–Kier alpha value is -4.17. The van der Waals surface area contributed by atoms with Crippen LogP contribution in [0, 0.1) is 41.5 Å². The van der Waals surface area contributed by atoms with E-state index in [0.29, 0.717) is 5.69 Å². The third-order valence-corrected chi connectivity index (χ3v) is 8.43. The summed E-state index contributed by atoms with van der Waals surface area (Å²) in [7, 11) is -3.99. The zero-order valence-corrected chi connectivity index (χ0v) is 24.0. The van der Waals surface area contributed by atoms with E-state index >= 15 is 0 Å². The maximum absolute atomic E-state index is 13.6. The van der Waals surface area contributed by atoms with Crippen molar-refractivity contribution in [2.45, 2.75) is 46.4 Å². The summed E-state index contributed by atoms with van der Waals surface area (Å²) < 4.78 is 30.4. The molecule has 0 aliphatic heterocycles. The fourth-order valence-electron chi connectivity index (χ4n) is 4.62. The van der Waals surface area contributed by atoms with E-state index in [-0.39, 0.29) is 4.90 Å². The minimum absolute atomic E-state index is 0.116. The minimum Gasteiger partial charge on any atom is -0.318 e. The Morgan fingerprint density at radius 3 is 2.21 bits per heavy atom. The van der Waals surface area contributed by atoms with Crippen molar-refractivity contribution in [3.63, 3.8) is 0 Å². The highest BCUT2D eigenvalue weighted by molar-refractivity contribution is 7.92. The summed E-state index contributed by atoms with van der Waals surface area (Å²) in [6.45, 7) is 11.5. The summed E-state index contributed by atoms with van der Waals surface area (Å²) in [5.41, 5.74) is 11.1. The maximum atomic E-state index is 13.6. The lowest BCUT2D eigenvalue weighted by Crippen LogP contribution is -2.39. The lowest BCUT2D eigenvalue weighted by Gasteiger charge is -2.24. The average Bonchev–Trinajstić information content (AvgIpc) is 3.15. The number of sulfonamides is 1. The zero-order valence-electron chi connectivity index (χ0n) is 23.2. The smallest absolute Gasteiger partial charge is 0.264 e. The van der Waals surface area contributed by atoms with Crippen molar-refractivity contribution in [2.75, 3.05) is 10.8 Å². The first-order valence-electron chi connectivity index (χ1n) is 12.7. The molecule has 0 aliphatic carbocycles. The van der Waals surface area contributed by atoms with E-state index in [1.165, 1.54) is 11.1 Å². The number of benzene rings is 3. The summed E-state index contributed by atoms with van der Waals surface area (Å²) in [5.74, 6) is -0.549.